The Hall–Kier alpha value is -2.12. The second kappa shape index (κ2) is 9.71. The molecule has 1 saturated heterocycles. The van der Waals surface area contributed by atoms with Gasteiger partial charge in [0.25, 0.3) is 0 Å². The smallest absolute Gasteiger partial charge is 0.234 e. The third kappa shape index (κ3) is 6.52. The summed E-state index contributed by atoms with van der Waals surface area (Å²) in [4.78, 5) is 28.4. The second-order valence-corrected chi connectivity index (χ2v) is 7.31. The van der Waals surface area contributed by atoms with Crippen LogP contribution in [0, 0.1) is 0 Å². The van der Waals surface area contributed by atoms with Crippen LogP contribution in [0.2, 0.25) is 0 Å². The van der Waals surface area contributed by atoms with E-state index in [0.29, 0.717) is 25.7 Å². The lowest BCUT2D eigenvalue weighted by molar-refractivity contribution is -0.125. The molecule has 148 valence electrons. The number of benzene rings is 1. The number of rotatable bonds is 9. The summed E-state index contributed by atoms with van der Waals surface area (Å²) in [5, 5.41) is 6.01. The van der Waals surface area contributed by atoms with Crippen molar-refractivity contribution in [3.05, 3.63) is 29.8 Å². The summed E-state index contributed by atoms with van der Waals surface area (Å²) in [6.07, 6.45) is 2.98. The first kappa shape index (κ1) is 19.6. The zero-order chi connectivity index (χ0) is 19.1. The van der Waals surface area contributed by atoms with Gasteiger partial charge < -0.3 is 15.4 Å². The van der Waals surface area contributed by atoms with Crippen molar-refractivity contribution in [2.24, 2.45) is 0 Å². The summed E-state index contributed by atoms with van der Waals surface area (Å²) >= 11 is 0. The van der Waals surface area contributed by atoms with E-state index in [1.807, 2.05) is 24.3 Å². The van der Waals surface area contributed by atoms with Crippen LogP contribution in [-0.2, 0) is 16.0 Å². The van der Waals surface area contributed by atoms with Gasteiger partial charge in [-0.15, -0.1) is 0 Å². The minimum atomic E-state index is 0.0461. The third-order valence-electron chi connectivity index (χ3n) is 5.05. The fourth-order valence-corrected chi connectivity index (χ4v) is 3.31. The van der Waals surface area contributed by atoms with Crippen LogP contribution < -0.4 is 15.4 Å². The normalized spacial score (nSPS) is 18.1. The van der Waals surface area contributed by atoms with Gasteiger partial charge in [-0.2, -0.15) is 0 Å². The number of hydrogen-bond donors (Lipinski definition) is 2. The monoisotopic (exact) mass is 374 g/mol. The van der Waals surface area contributed by atoms with Crippen molar-refractivity contribution in [1.29, 1.82) is 0 Å². The van der Waals surface area contributed by atoms with E-state index in [4.69, 9.17) is 4.74 Å². The van der Waals surface area contributed by atoms with Gasteiger partial charge in [0.15, 0.2) is 0 Å². The lowest BCUT2D eigenvalue weighted by Gasteiger charge is -2.33. The first-order chi connectivity index (χ1) is 13.1. The number of carbonyl (C=O) groups is 2. The summed E-state index contributed by atoms with van der Waals surface area (Å²) in [6.45, 7) is 4.76. The molecule has 0 aromatic heterocycles. The van der Waals surface area contributed by atoms with Gasteiger partial charge in [0, 0.05) is 38.8 Å². The average Bonchev–Trinajstić information content (AvgIpc) is 3.47. The van der Waals surface area contributed by atoms with Crippen LogP contribution in [0.5, 0.6) is 5.75 Å². The average molecular weight is 374 g/mol. The maximum Gasteiger partial charge on any atom is 0.234 e. The Labute approximate surface area is 161 Å². The number of carbonyl (C=O) groups excluding carboxylic acids is 2. The van der Waals surface area contributed by atoms with Crippen LogP contribution in [0.25, 0.3) is 0 Å². The van der Waals surface area contributed by atoms with Crippen LogP contribution >= 0.6 is 0 Å². The molecule has 1 saturated carbocycles. The lowest BCUT2D eigenvalue weighted by Crippen LogP contribution is -2.51. The number of methoxy groups -OCH3 is 1. The van der Waals surface area contributed by atoms with Gasteiger partial charge in [-0.3, -0.25) is 19.4 Å². The van der Waals surface area contributed by atoms with Crippen molar-refractivity contribution in [3.8, 4) is 5.75 Å². The highest BCUT2D eigenvalue weighted by Crippen LogP contribution is 2.18. The highest BCUT2D eigenvalue weighted by atomic mass is 16.5. The zero-order valence-electron chi connectivity index (χ0n) is 16.1. The van der Waals surface area contributed by atoms with Crippen molar-refractivity contribution in [2.75, 3.05) is 52.9 Å². The Morgan fingerprint density at radius 2 is 1.67 bits per heavy atom. The number of nitrogens with zero attached hydrogens (tertiary/aromatic N) is 2. The summed E-state index contributed by atoms with van der Waals surface area (Å²) in [6, 6.07) is 8.28. The van der Waals surface area contributed by atoms with Crippen LogP contribution in [0.15, 0.2) is 24.3 Å². The summed E-state index contributed by atoms with van der Waals surface area (Å²) in [5.74, 6) is 1.03. The van der Waals surface area contributed by atoms with Crippen LogP contribution in [-0.4, -0.2) is 80.6 Å². The Kier molecular flexibility index (Phi) is 7.06. The molecule has 1 aromatic carbocycles. The molecule has 1 aliphatic heterocycles. The van der Waals surface area contributed by atoms with Crippen molar-refractivity contribution < 1.29 is 14.3 Å². The summed E-state index contributed by atoms with van der Waals surface area (Å²) in [5.41, 5.74) is 1.10. The number of ether oxygens (including phenoxy) is 1. The lowest BCUT2D eigenvalue weighted by atomic mass is 10.1. The summed E-state index contributed by atoms with van der Waals surface area (Å²) in [7, 11) is 1.66. The fourth-order valence-electron chi connectivity index (χ4n) is 3.31. The van der Waals surface area contributed by atoms with Gasteiger partial charge in [0.05, 0.1) is 20.2 Å². The van der Waals surface area contributed by atoms with Gasteiger partial charge in [-0.05, 0) is 30.9 Å². The largest absolute Gasteiger partial charge is 0.496 e. The molecule has 0 unspecified atom stereocenters. The molecule has 0 radical (unpaired) electrons. The van der Waals surface area contributed by atoms with E-state index in [0.717, 1.165) is 56.8 Å². The molecule has 3 rings (SSSR count). The molecular weight excluding hydrogens is 344 g/mol. The van der Waals surface area contributed by atoms with E-state index in [1.165, 1.54) is 0 Å². The van der Waals surface area contributed by atoms with Crippen molar-refractivity contribution in [2.45, 2.75) is 25.3 Å². The number of para-hydroxylation sites is 1. The Balaban J connectivity index is 1.30. The molecule has 2 N–H and O–H groups in total. The quantitative estimate of drug-likeness (QED) is 0.648. The second-order valence-electron chi connectivity index (χ2n) is 7.31. The molecule has 0 spiro atoms. The minimum absolute atomic E-state index is 0.0461. The van der Waals surface area contributed by atoms with Crippen LogP contribution in [0.4, 0.5) is 0 Å². The first-order valence-electron chi connectivity index (χ1n) is 9.76. The van der Waals surface area contributed by atoms with Gasteiger partial charge in [0.2, 0.25) is 11.8 Å². The van der Waals surface area contributed by atoms with Crippen molar-refractivity contribution in [1.82, 2.24) is 20.4 Å². The highest BCUT2D eigenvalue weighted by molar-refractivity contribution is 5.79. The van der Waals surface area contributed by atoms with E-state index >= 15 is 0 Å². The van der Waals surface area contributed by atoms with Gasteiger partial charge in [0.1, 0.15) is 5.75 Å². The molecule has 1 aromatic rings. The predicted molar refractivity (Wildman–Crippen MR) is 104 cm³/mol. The van der Waals surface area contributed by atoms with E-state index in [9.17, 15) is 9.59 Å². The molecule has 2 aliphatic rings. The van der Waals surface area contributed by atoms with E-state index in [2.05, 4.69) is 20.4 Å². The highest BCUT2D eigenvalue weighted by Gasteiger charge is 2.25. The number of nitrogens with one attached hydrogen (secondary N) is 2. The Morgan fingerprint density at radius 1 is 1.04 bits per heavy atom. The molecule has 2 amide bonds. The molecule has 27 heavy (non-hydrogen) atoms. The molecule has 7 heteroatoms. The Morgan fingerprint density at radius 3 is 2.30 bits per heavy atom. The molecule has 1 heterocycles. The number of hydrogen-bond acceptors (Lipinski definition) is 5. The Bertz CT molecular complexity index is 640. The first-order valence-corrected chi connectivity index (χ1v) is 9.76. The summed E-state index contributed by atoms with van der Waals surface area (Å²) < 4.78 is 5.33. The molecule has 0 bridgehead atoms. The topological polar surface area (TPSA) is 73.9 Å². The van der Waals surface area contributed by atoms with Gasteiger partial charge in [-0.1, -0.05) is 18.2 Å². The third-order valence-corrected chi connectivity index (χ3v) is 5.05. The van der Waals surface area contributed by atoms with E-state index in [1.54, 1.807) is 7.11 Å². The van der Waals surface area contributed by atoms with Crippen LogP contribution in [0.3, 0.4) is 0 Å². The minimum Gasteiger partial charge on any atom is -0.496 e. The van der Waals surface area contributed by atoms with Crippen molar-refractivity contribution >= 4 is 11.8 Å². The standard InChI is InChI=1S/C20H30N4O3/c1-27-18-5-3-2-4-16(18)8-9-21-19(25)14-23-10-12-24(13-11-23)15-20(26)22-17-6-7-17/h2-5,17H,6-15H2,1H3,(H,21,25)(H,22,26). The molecule has 7 nitrogen and oxygen atoms in total. The van der Waals surface area contributed by atoms with Crippen molar-refractivity contribution in [3.63, 3.8) is 0 Å². The molecular formula is C20H30N4O3. The SMILES string of the molecule is COc1ccccc1CCNC(=O)CN1CCN(CC(=O)NC2CC2)CC1. The maximum atomic E-state index is 12.2. The van der Waals surface area contributed by atoms with E-state index in [-0.39, 0.29) is 11.8 Å². The van der Waals surface area contributed by atoms with Gasteiger partial charge in [-0.25, -0.2) is 0 Å². The van der Waals surface area contributed by atoms with Gasteiger partial charge >= 0.3 is 0 Å². The number of amides is 2. The number of piperazine rings is 1. The fraction of sp³-hybridized carbons (Fsp3) is 0.600. The maximum absolute atomic E-state index is 12.2. The molecule has 2 fully saturated rings. The van der Waals surface area contributed by atoms with E-state index < -0.39 is 0 Å². The molecule has 0 atom stereocenters. The zero-order valence-corrected chi connectivity index (χ0v) is 16.1. The van der Waals surface area contributed by atoms with Crippen LogP contribution in [0.1, 0.15) is 18.4 Å². The predicted octanol–water partition coefficient (Wildman–Crippen LogP) is 0.250. The molecule has 1 aliphatic carbocycles.